The second kappa shape index (κ2) is 8.65. The van der Waals surface area contributed by atoms with Crippen molar-refractivity contribution in [2.24, 2.45) is 0 Å². The largest absolute Gasteiger partial charge is 0.506 e. The highest BCUT2D eigenvalue weighted by atomic mass is 79.9. The van der Waals surface area contributed by atoms with Crippen molar-refractivity contribution in [2.45, 2.75) is 25.9 Å². The van der Waals surface area contributed by atoms with Gasteiger partial charge in [-0.25, -0.2) is 0 Å². The number of benzene rings is 2. The van der Waals surface area contributed by atoms with Crippen LogP contribution in [-0.2, 0) is 0 Å². The van der Waals surface area contributed by atoms with Gasteiger partial charge in [0.05, 0.1) is 29.2 Å². The fourth-order valence-corrected chi connectivity index (χ4v) is 5.49. The summed E-state index contributed by atoms with van der Waals surface area (Å²) in [7, 11) is 0. The lowest BCUT2D eigenvalue weighted by molar-refractivity contribution is 0.472. The van der Waals surface area contributed by atoms with E-state index >= 15 is 0 Å². The maximum Gasteiger partial charge on any atom is 0.174 e. The van der Waals surface area contributed by atoms with Crippen molar-refractivity contribution < 1.29 is 5.11 Å². The Hall–Kier alpha value is -3.16. The van der Waals surface area contributed by atoms with Crippen LogP contribution in [0.3, 0.4) is 0 Å². The van der Waals surface area contributed by atoms with Crippen LogP contribution in [0.4, 0.5) is 5.69 Å². The Balaban J connectivity index is 1.71. The van der Waals surface area contributed by atoms with Gasteiger partial charge in [-0.2, -0.15) is 0 Å². The standard InChI is InChI=1S/C26H23BrN4OS/c1-16-15-18(17(2)30(16)21-11-4-3-9-19(21)27)25-24(20-10-7-8-14-28-20)29-26(33)31(25)22-12-5-6-13-23(22)32/h3-15,24-25,32H,1-2H3,(H,29,33)/t24-,25-/m0/s1. The smallest absolute Gasteiger partial charge is 0.174 e. The van der Waals surface area contributed by atoms with E-state index in [-0.39, 0.29) is 17.8 Å². The minimum absolute atomic E-state index is 0.175. The van der Waals surface area contributed by atoms with Gasteiger partial charge in [0, 0.05) is 22.1 Å². The first-order valence-electron chi connectivity index (χ1n) is 10.7. The quantitative estimate of drug-likeness (QED) is 0.318. The normalized spacial score (nSPS) is 17.9. The van der Waals surface area contributed by atoms with Gasteiger partial charge in [0.2, 0.25) is 0 Å². The number of aryl methyl sites for hydroxylation is 1. The summed E-state index contributed by atoms with van der Waals surface area (Å²) in [5, 5.41) is 14.7. The van der Waals surface area contributed by atoms with E-state index in [2.05, 4.69) is 56.8 Å². The van der Waals surface area contributed by atoms with Crippen LogP contribution in [0, 0.1) is 13.8 Å². The molecule has 3 heterocycles. The summed E-state index contributed by atoms with van der Waals surface area (Å²) >= 11 is 9.50. The van der Waals surface area contributed by atoms with Gasteiger partial charge in [0.25, 0.3) is 0 Å². The van der Waals surface area contributed by atoms with Gasteiger partial charge in [-0.05, 0) is 90.0 Å². The Morgan fingerprint density at radius 2 is 1.67 bits per heavy atom. The molecule has 166 valence electrons. The number of thiocarbonyl (C=S) groups is 1. The second-order valence-electron chi connectivity index (χ2n) is 8.10. The number of rotatable bonds is 4. The number of nitrogens with one attached hydrogen (secondary N) is 1. The first kappa shape index (κ1) is 21.7. The molecule has 1 aliphatic heterocycles. The summed E-state index contributed by atoms with van der Waals surface area (Å²) in [5.74, 6) is 0.188. The number of halogens is 1. The van der Waals surface area contributed by atoms with E-state index in [9.17, 15) is 5.11 Å². The van der Waals surface area contributed by atoms with Crippen molar-refractivity contribution >= 4 is 38.9 Å². The van der Waals surface area contributed by atoms with Gasteiger partial charge < -0.3 is 19.9 Å². The minimum atomic E-state index is -0.192. The van der Waals surface area contributed by atoms with Crippen molar-refractivity contribution in [1.82, 2.24) is 14.9 Å². The molecule has 33 heavy (non-hydrogen) atoms. The van der Waals surface area contributed by atoms with Gasteiger partial charge in [-0.1, -0.05) is 30.3 Å². The number of phenolic OH excluding ortho intramolecular Hbond substituents is 1. The molecule has 2 aromatic heterocycles. The molecule has 1 saturated heterocycles. The van der Waals surface area contributed by atoms with E-state index in [0.717, 1.165) is 32.8 Å². The van der Waals surface area contributed by atoms with Crippen LogP contribution in [0.1, 0.15) is 34.7 Å². The van der Waals surface area contributed by atoms with Crippen LogP contribution in [0.5, 0.6) is 5.75 Å². The lowest BCUT2D eigenvalue weighted by Gasteiger charge is -2.28. The SMILES string of the molecule is Cc1cc([C@H]2[C@H](c3ccccn3)NC(=S)N2c2ccccc2O)c(C)n1-c1ccccc1Br. The number of hydrogen-bond acceptors (Lipinski definition) is 3. The Labute approximate surface area is 206 Å². The van der Waals surface area contributed by atoms with Crippen LogP contribution < -0.4 is 10.2 Å². The van der Waals surface area contributed by atoms with Crippen molar-refractivity contribution in [3.63, 3.8) is 0 Å². The molecule has 5 rings (SSSR count). The summed E-state index contributed by atoms with van der Waals surface area (Å²) in [6.07, 6.45) is 1.80. The van der Waals surface area contributed by atoms with E-state index < -0.39 is 0 Å². The first-order valence-corrected chi connectivity index (χ1v) is 11.9. The van der Waals surface area contributed by atoms with Gasteiger partial charge in [-0.3, -0.25) is 4.98 Å². The molecule has 0 amide bonds. The fraction of sp³-hybridized carbons (Fsp3) is 0.154. The van der Waals surface area contributed by atoms with Crippen LogP contribution in [0.15, 0.2) is 83.5 Å². The van der Waals surface area contributed by atoms with Gasteiger partial charge in [0.1, 0.15) is 5.75 Å². The molecule has 7 heteroatoms. The zero-order valence-corrected chi connectivity index (χ0v) is 20.6. The van der Waals surface area contributed by atoms with E-state index in [0.29, 0.717) is 10.8 Å². The summed E-state index contributed by atoms with van der Waals surface area (Å²) in [6.45, 7) is 4.23. The number of aromatic hydroxyl groups is 1. The predicted octanol–water partition coefficient (Wildman–Crippen LogP) is 6.13. The Morgan fingerprint density at radius 1 is 0.970 bits per heavy atom. The summed E-state index contributed by atoms with van der Waals surface area (Å²) < 4.78 is 3.27. The number of aromatic nitrogens is 2. The Kier molecular flexibility index (Phi) is 5.68. The van der Waals surface area contributed by atoms with Gasteiger partial charge >= 0.3 is 0 Å². The van der Waals surface area contributed by atoms with Crippen LogP contribution in [-0.4, -0.2) is 19.8 Å². The molecule has 5 nitrogen and oxygen atoms in total. The highest BCUT2D eigenvalue weighted by molar-refractivity contribution is 9.10. The Bertz CT molecular complexity index is 1340. The van der Waals surface area contributed by atoms with Crippen LogP contribution >= 0.6 is 28.1 Å². The van der Waals surface area contributed by atoms with E-state index in [1.165, 1.54) is 0 Å². The number of pyridine rings is 1. The molecule has 4 aromatic rings. The molecule has 0 aliphatic carbocycles. The Morgan fingerprint density at radius 3 is 2.36 bits per heavy atom. The molecule has 2 N–H and O–H groups in total. The number of nitrogens with zero attached hydrogens (tertiary/aromatic N) is 3. The number of para-hydroxylation sites is 3. The number of anilines is 1. The molecule has 2 aromatic carbocycles. The van der Waals surface area contributed by atoms with Gasteiger partial charge in [-0.15, -0.1) is 0 Å². The lowest BCUT2D eigenvalue weighted by Crippen LogP contribution is -2.29. The number of hydrogen-bond donors (Lipinski definition) is 2. The fourth-order valence-electron chi connectivity index (χ4n) is 4.69. The molecule has 0 radical (unpaired) electrons. The van der Waals surface area contributed by atoms with Crippen LogP contribution in [0.2, 0.25) is 0 Å². The maximum absolute atomic E-state index is 10.7. The maximum atomic E-state index is 10.7. The van der Waals surface area contributed by atoms with Gasteiger partial charge in [0.15, 0.2) is 5.11 Å². The minimum Gasteiger partial charge on any atom is -0.506 e. The summed E-state index contributed by atoms with van der Waals surface area (Å²) in [6, 6.07) is 23.2. The lowest BCUT2D eigenvalue weighted by atomic mass is 9.96. The molecule has 0 bridgehead atoms. The molecular weight excluding hydrogens is 496 g/mol. The average Bonchev–Trinajstić information content (AvgIpc) is 3.30. The highest BCUT2D eigenvalue weighted by Crippen LogP contribution is 2.46. The topological polar surface area (TPSA) is 53.3 Å². The zero-order valence-electron chi connectivity index (χ0n) is 18.2. The molecule has 1 fully saturated rings. The predicted molar refractivity (Wildman–Crippen MR) is 139 cm³/mol. The molecule has 0 saturated carbocycles. The third-order valence-corrected chi connectivity index (χ3v) is 7.11. The molecule has 1 aliphatic rings. The average molecular weight is 519 g/mol. The molecular formula is C26H23BrN4OS. The number of phenols is 1. The van der Waals surface area contributed by atoms with Crippen molar-refractivity contribution in [3.8, 4) is 11.4 Å². The summed E-state index contributed by atoms with van der Waals surface area (Å²) in [4.78, 5) is 6.64. The van der Waals surface area contributed by atoms with E-state index in [4.69, 9.17) is 12.2 Å². The zero-order chi connectivity index (χ0) is 23.1. The third kappa shape index (κ3) is 3.71. The van der Waals surface area contributed by atoms with Crippen molar-refractivity contribution in [3.05, 3.63) is 106 Å². The first-order chi connectivity index (χ1) is 16.0. The highest BCUT2D eigenvalue weighted by Gasteiger charge is 2.43. The third-order valence-electron chi connectivity index (χ3n) is 6.12. The molecule has 0 unspecified atom stereocenters. The summed E-state index contributed by atoms with van der Waals surface area (Å²) in [5.41, 5.74) is 5.99. The monoisotopic (exact) mass is 518 g/mol. The van der Waals surface area contributed by atoms with E-state index in [1.807, 2.05) is 59.5 Å². The molecule has 2 atom stereocenters. The van der Waals surface area contributed by atoms with Crippen molar-refractivity contribution in [1.29, 1.82) is 0 Å². The van der Waals surface area contributed by atoms with Crippen molar-refractivity contribution in [2.75, 3.05) is 4.90 Å². The van der Waals surface area contributed by atoms with E-state index in [1.54, 1.807) is 12.3 Å². The second-order valence-corrected chi connectivity index (χ2v) is 9.34. The van der Waals surface area contributed by atoms with Crippen LogP contribution in [0.25, 0.3) is 5.69 Å². The molecule has 0 spiro atoms.